The van der Waals surface area contributed by atoms with Crippen molar-refractivity contribution in [2.45, 2.75) is 83.1 Å². The zero-order valence-corrected chi connectivity index (χ0v) is 20.0. The third kappa shape index (κ3) is 10.3. The lowest BCUT2D eigenvalue weighted by molar-refractivity contribution is -0.145. The molecule has 1 rings (SSSR count). The van der Waals surface area contributed by atoms with E-state index in [-0.39, 0.29) is 37.2 Å². The van der Waals surface area contributed by atoms with Gasteiger partial charge in [-0.05, 0) is 51.5 Å². The SMILES string of the molecule is CC(C)CC(NC(=O)C(CCCN=C(N)N)NC(=O)C1CCCN1)C(=O)NC(C(=O)O)C(C)O. The first-order chi connectivity index (χ1) is 15.9. The maximum atomic E-state index is 13.1. The summed E-state index contributed by atoms with van der Waals surface area (Å²) in [6, 6.07) is -3.93. The van der Waals surface area contributed by atoms with E-state index >= 15 is 0 Å². The molecular weight excluding hydrogens is 446 g/mol. The van der Waals surface area contributed by atoms with Crippen LogP contribution in [0.15, 0.2) is 4.99 Å². The molecule has 34 heavy (non-hydrogen) atoms. The van der Waals surface area contributed by atoms with Gasteiger partial charge in [-0.1, -0.05) is 13.8 Å². The minimum absolute atomic E-state index is 0.0107. The van der Waals surface area contributed by atoms with E-state index in [1.165, 1.54) is 6.92 Å². The highest BCUT2D eigenvalue weighted by atomic mass is 16.4. The number of amides is 3. The van der Waals surface area contributed by atoms with Gasteiger partial charge in [-0.2, -0.15) is 0 Å². The van der Waals surface area contributed by atoms with Gasteiger partial charge in [0.2, 0.25) is 17.7 Å². The first-order valence-electron chi connectivity index (χ1n) is 11.5. The molecule has 1 heterocycles. The standard InChI is InChI=1S/C21H39N7O6/c1-11(2)10-15(19(32)28-16(12(3)29)20(33)34)27-18(31)14(7-5-9-25-21(22)23)26-17(30)13-6-4-8-24-13/h11-16,24,29H,4-10H2,1-3H3,(H,26,30)(H,27,31)(H,28,32)(H,33,34)(H4,22,23,25). The molecule has 0 aliphatic carbocycles. The van der Waals surface area contributed by atoms with Crippen molar-refractivity contribution in [2.75, 3.05) is 13.1 Å². The summed E-state index contributed by atoms with van der Waals surface area (Å²) in [6.07, 6.45) is 1.02. The first-order valence-corrected chi connectivity index (χ1v) is 11.5. The summed E-state index contributed by atoms with van der Waals surface area (Å²) >= 11 is 0. The van der Waals surface area contributed by atoms with Crippen LogP contribution in [0.2, 0.25) is 0 Å². The van der Waals surface area contributed by atoms with Gasteiger partial charge in [0, 0.05) is 6.54 Å². The zero-order valence-electron chi connectivity index (χ0n) is 20.0. The highest BCUT2D eigenvalue weighted by molar-refractivity contribution is 5.94. The van der Waals surface area contributed by atoms with Crippen molar-refractivity contribution in [3.63, 3.8) is 0 Å². The maximum absolute atomic E-state index is 13.1. The predicted octanol–water partition coefficient (Wildman–Crippen LogP) is -2.24. The molecule has 1 saturated heterocycles. The van der Waals surface area contributed by atoms with Crippen LogP contribution in [0.5, 0.6) is 0 Å². The lowest BCUT2D eigenvalue weighted by Gasteiger charge is -2.26. The van der Waals surface area contributed by atoms with Crippen LogP contribution in [0.25, 0.3) is 0 Å². The van der Waals surface area contributed by atoms with Gasteiger partial charge < -0.3 is 42.9 Å². The molecule has 0 aromatic carbocycles. The van der Waals surface area contributed by atoms with Crippen molar-refractivity contribution in [1.29, 1.82) is 0 Å². The Labute approximate surface area is 199 Å². The highest BCUT2D eigenvalue weighted by Crippen LogP contribution is 2.10. The van der Waals surface area contributed by atoms with Gasteiger partial charge in [0.1, 0.15) is 12.1 Å². The number of aliphatic hydroxyl groups is 1. The third-order valence-corrected chi connectivity index (χ3v) is 5.34. The number of carboxylic acids is 1. The molecule has 0 aromatic heterocycles. The number of aliphatic imine (C=N–C) groups is 1. The van der Waals surface area contributed by atoms with Crippen LogP contribution in [-0.4, -0.2) is 83.2 Å². The van der Waals surface area contributed by atoms with Gasteiger partial charge in [-0.15, -0.1) is 0 Å². The van der Waals surface area contributed by atoms with Gasteiger partial charge in [0.05, 0.1) is 12.1 Å². The number of nitrogens with one attached hydrogen (secondary N) is 4. The minimum atomic E-state index is -1.53. The molecule has 194 valence electrons. The largest absolute Gasteiger partial charge is 0.480 e. The van der Waals surface area contributed by atoms with E-state index in [2.05, 4.69) is 26.3 Å². The number of guanidine groups is 1. The van der Waals surface area contributed by atoms with Crippen LogP contribution in [0.4, 0.5) is 0 Å². The smallest absolute Gasteiger partial charge is 0.328 e. The summed E-state index contributed by atoms with van der Waals surface area (Å²) in [5, 5.41) is 29.6. The Balaban J connectivity index is 2.95. The predicted molar refractivity (Wildman–Crippen MR) is 125 cm³/mol. The number of nitrogens with zero attached hydrogens (tertiary/aromatic N) is 1. The van der Waals surface area contributed by atoms with Crippen LogP contribution >= 0.6 is 0 Å². The molecule has 0 aromatic rings. The van der Waals surface area contributed by atoms with Gasteiger partial charge in [-0.25, -0.2) is 4.79 Å². The number of nitrogens with two attached hydrogens (primary N) is 2. The van der Waals surface area contributed by atoms with E-state index in [1.54, 1.807) is 0 Å². The molecule has 1 aliphatic heterocycles. The quantitative estimate of drug-likeness (QED) is 0.0755. The van der Waals surface area contributed by atoms with E-state index in [9.17, 15) is 29.4 Å². The second-order valence-electron chi connectivity index (χ2n) is 8.91. The van der Waals surface area contributed by atoms with Gasteiger partial charge in [-0.3, -0.25) is 19.4 Å². The third-order valence-electron chi connectivity index (χ3n) is 5.34. The average Bonchev–Trinajstić information content (AvgIpc) is 3.27. The number of aliphatic hydroxyl groups excluding tert-OH is 1. The van der Waals surface area contributed by atoms with E-state index < -0.39 is 48.1 Å². The summed E-state index contributed by atoms with van der Waals surface area (Å²) in [5.41, 5.74) is 10.7. The van der Waals surface area contributed by atoms with Crippen molar-refractivity contribution >= 4 is 29.7 Å². The maximum Gasteiger partial charge on any atom is 0.328 e. The fraction of sp³-hybridized carbons (Fsp3) is 0.762. The molecule has 5 atom stereocenters. The Morgan fingerprint density at radius 3 is 2.21 bits per heavy atom. The number of hydrogen-bond donors (Lipinski definition) is 8. The van der Waals surface area contributed by atoms with Crippen LogP contribution in [0.1, 0.15) is 52.9 Å². The Kier molecular flexibility index (Phi) is 12.3. The fourth-order valence-electron chi connectivity index (χ4n) is 3.57. The fourth-order valence-corrected chi connectivity index (χ4v) is 3.57. The number of hydrogen-bond acceptors (Lipinski definition) is 7. The average molecular weight is 486 g/mol. The van der Waals surface area contributed by atoms with E-state index in [0.717, 1.165) is 6.42 Å². The van der Waals surface area contributed by atoms with Gasteiger partial charge in [0.25, 0.3) is 0 Å². The molecule has 5 unspecified atom stereocenters. The molecule has 13 heteroatoms. The highest BCUT2D eigenvalue weighted by Gasteiger charge is 2.32. The monoisotopic (exact) mass is 485 g/mol. The van der Waals surface area contributed by atoms with E-state index in [0.29, 0.717) is 19.4 Å². The van der Waals surface area contributed by atoms with Crippen LogP contribution in [0.3, 0.4) is 0 Å². The van der Waals surface area contributed by atoms with Gasteiger partial charge >= 0.3 is 5.97 Å². The summed E-state index contributed by atoms with van der Waals surface area (Å²) in [4.78, 5) is 53.7. The second kappa shape index (κ2) is 14.4. The molecule has 0 saturated carbocycles. The Morgan fingerprint density at radius 1 is 1.06 bits per heavy atom. The Bertz CT molecular complexity index is 733. The summed E-state index contributed by atoms with van der Waals surface area (Å²) in [7, 11) is 0. The summed E-state index contributed by atoms with van der Waals surface area (Å²) < 4.78 is 0. The first kappa shape index (κ1) is 29.1. The second-order valence-corrected chi connectivity index (χ2v) is 8.91. The Morgan fingerprint density at radius 2 is 1.71 bits per heavy atom. The summed E-state index contributed by atoms with van der Waals surface area (Å²) in [6.45, 7) is 5.90. The zero-order chi connectivity index (χ0) is 25.8. The molecule has 10 N–H and O–H groups in total. The molecule has 0 bridgehead atoms. The normalized spacial score (nSPS) is 18.9. The van der Waals surface area contributed by atoms with Crippen molar-refractivity contribution in [3.05, 3.63) is 0 Å². The minimum Gasteiger partial charge on any atom is -0.480 e. The topological polar surface area (TPSA) is 221 Å². The van der Waals surface area contributed by atoms with Crippen molar-refractivity contribution in [1.82, 2.24) is 21.3 Å². The molecule has 0 radical (unpaired) electrons. The molecular formula is C21H39N7O6. The van der Waals surface area contributed by atoms with E-state index in [1.807, 2.05) is 13.8 Å². The number of carbonyl (C=O) groups excluding carboxylic acids is 3. The number of rotatable bonds is 14. The number of carboxylic acid groups (broad SMARTS) is 1. The van der Waals surface area contributed by atoms with Crippen molar-refractivity contribution in [3.8, 4) is 0 Å². The lowest BCUT2D eigenvalue weighted by atomic mass is 10.0. The molecule has 1 aliphatic rings. The molecule has 0 spiro atoms. The van der Waals surface area contributed by atoms with Crippen molar-refractivity contribution < 1.29 is 29.4 Å². The van der Waals surface area contributed by atoms with Crippen LogP contribution in [-0.2, 0) is 19.2 Å². The van der Waals surface area contributed by atoms with Crippen LogP contribution in [0, 0.1) is 5.92 Å². The molecule has 13 nitrogen and oxygen atoms in total. The summed E-state index contributed by atoms with van der Waals surface area (Å²) in [5.74, 6) is -3.13. The molecule has 3 amide bonds. The lowest BCUT2D eigenvalue weighted by Crippen LogP contribution is -2.58. The van der Waals surface area contributed by atoms with E-state index in [4.69, 9.17) is 11.5 Å². The van der Waals surface area contributed by atoms with Crippen molar-refractivity contribution in [2.24, 2.45) is 22.4 Å². The number of aliphatic carboxylic acids is 1. The molecule has 1 fully saturated rings. The number of carbonyl (C=O) groups is 4. The van der Waals surface area contributed by atoms with Gasteiger partial charge in [0.15, 0.2) is 12.0 Å². The Hall–Kier alpha value is -2.93. The van der Waals surface area contributed by atoms with Crippen LogP contribution < -0.4 is 32.7 Å².